The summed E-state index contributed by atoms with van der Waals surface area (Å²) in [6.45, 7) is 5.75. The van der Waals surface area contributed by atoms with Crippen molar-refractivity contribution < 1.29 is 9.90 Å². The molecule has 0 aliphatic carbocycles. The van der Waals surface area contributed by atoms with E-state index in [1.165, 1.54) is 11.8 Å². The van der Waals surface area contributed by atoms with Crippen LogP contribution in [0, 0.1) is 13.8 Å². The molecule has 0 fully saturated rings. The largest absolute Gasteiger partial charge is 0.392 e. The number of nitrogens with one attached hydrogen (secondary N) is 1. The van der Waals surface area contributed by atoms with Crippen LogP contribution in [0.25, 0.3) is 5.78 Å². The monoisotopic (exact) mass is 371 g/mol. The maximum Gasteiger partial charge on any atom is 0.253 e. The number of aliphatic hydroxyl groups is 1. The second-order valence-corrected chi connectivity index (χ2v) is 7.09. The number of benzene rings is 1. The summed E-state index contributed by atoms with van der Waals surface area (Å²) in [5.41, 5.74) is 3.36. The van der Waals surface area contributed by atoms with Gasteiger partial charge in [0.1, 0.15) is 0 Å². The highest BCUT2D eigenvalue weighted by atomic mass is 32.2. The van der Waals surface area contributed by atoms with Gasteiger partial charge in [0, 0.05) is 29.2 Å². The van der Waals surface area contributed by atoms with Gasteiger partial charge < -0.3 is 10.4 Å². The summed E-state index contributed by atoms with van der Waals surface area (Å²) in [6, 6.07) is 9.36. The topological polar surface area (TPSA) is 92.4 Å². The van der Waals surface area contributed by atoms with Gasteiger partial charge >= 0.3 is 0 Å². The second kappa shape index (κ2) is 7.84. The molecule has 1 unspecified atom stereocenters. The Morgan fingerprint density at radius 3 is 2.85 bits per heavy atom. The smallest absolute Gasteiger partial charge is 0.253 e. The molecule has 0 saturated carbocycles. The van der Waals surface area contributed by atoms with Gasteiger partial charge in [-0.2, -0.15) is 4.98 Å². The number of hydrogen-bond donors (Lipinski definition) is 2. The molecule has 26 heavy (non-hydrogen) atoms. The van der Waals surface area contributed by atoms with Gasteiger partial charge in [0.2, 0.25) is 5.16 Å². The Morgan fingerprint density at radius 2 is 2.08 bits per heavy atom. The van der Waals surface area contributed by atoms with Crippen molar-refractivity contribution in [2.45, 2.75) is 37.8 Å². The van der Waals surface area contributed by atoms with Gasteiger partial charge in [-0.05, 0) is 38.5 Å². The number of nitrogens with zero attached hydrogens (tertiary/aromatic N) is 4. The van der Waals surface area contributed by atoms with Gasteiger partial charge in [0.05, 0.1) is 6.10 Å². The Labute approximate surface area is 155 Å². The second-order valence-electron chi connectivity index (χ2n) is 6.15. The highest BCUT2D eigenvalue weighted by Gasteiger charge is 2.13. The minimum absolute atomic E-state index is 0.196. The summed E-state index contributed by atoms with van der Waals surface area (Å²) in [7, 11) is 0. The van der Waals surface area contributed by atoms with Crippen LogP contribution in [0.1, 0.15) is 34.2 Å². The molecule has 0 aliphatic rings. The van der Waals surface area contributed by atoms with E-state index < -0.39 is 6.10 Å². The summed E-state index contributed by atoms with van der Waals surface area (Å²) < 4.78 is 1.72. The Bertz CT molecular complexity index is 938. The fourth-order valence-corrected chi connectivity index (χ4v) is 3.38. The van der Waals surface area contributed by atoms with E-state index in [0.717, 1.165) is 17.0 Å². The molecule has 0 saturated heterocycles. The summed E-state index contributed by atoms with van der Waals surface area (Å²) in [4.78, 5) is 21.2. The maximum atomic E-state index is 12.3. The van der Waals surface area contributed by atoms with E-state index >= 15 is 0 Å². The van der Waals surface area contributed by atoms with E-state index in [9.17, 15) is 9.90 Å². The van der Waals surface area contributed by atoms with E-state index in [0.29, 0.717) is 22.3 Å². The number of thioether (sulfide) groups is 1. The van der Waals surface area contributed by atoms with Crippen molar-refractivity contribution in [1.82, 2.24) is 24.9 Å². The lowest BCUT2D eigenvalue weighted by atomic mass is 10.1. The number of aromatic nitrogens is 4. The third-order valence-electron chi connectivity index (χ3n) is 3.78. The summed E-state index contributed by atoms with van der Waals surface area (Å²) in [6.07, 6.45) is -0.582. The predicted octanol–water partition coefficient (Wildman–Crippen LogP) is 2.14. The lowest BCUT2D eigenvalue weighted by molar-refractivity contribution is 0.0923. The molecule has 2 heterocycles. The zero-order valence-electron chi connectivity index (χ0n) is 14.9. The molecular weight excluding hydrogens is 350 g/mol. The maximum absolute atomic E-state index is 12.3. The molecule has 0 radical (unpaired) electrons. The van der Waals surface area contributed by atoms with Crippen molar-refractivity contribution in [3.8, 4) is 0 Å². The molecular formula is C18H21N5O2S. The Hall–Kier alpha value is -2.45. The lowest BCUT2D eigenvalue weighted by Gasteiger charge is -2.10. The van der Waals surface area contributed by atoms with Crippen LogP contribution in [0.5, 0.6) is 0 Å². The van der Waals surface area contributed by atoms with E-state index in [2.05, 4.69) is 20.4 Å². The Morgan fingerprint density at radius 1 is 1.31 bits per heavy atom. The molecule has 2 aromatic heterocycles. The first kappa shape index (κ1) is 18.3. The number of carbonyl (C=O) groups is 1. The molecule has 1 amide bonds. The Kier molecular flexibility index (Phi) is 5.53. The predicted molar refractivity (Wildman–Crippen MR) is 100 cm³/mol. The van der Waals surface area contributed by atoms with Crippen LogP contribution in [-0.4, -0.2) is 43.2 Å². The van der Waals surface area contributed by atoms with Crippen molar-refractivity contribution in [3.05, 3.63) is 52.8 Å². The van der Waals surface area contributed by atoms with E-state index in [1.807, 2.05) is 38.1 Å². The Balaban J connectivity index is 1.76. The molecule has 2 N–H and O–H groups in total. The van der Waals surface area contributed by atoms with Crippen molar-refractivity contribution >= 4 is 23.4 Å². The first-order valence-corrected chi connectivity index (χ1v) is 9.30. The van der Waals surface area contributed by atoms with Crippen LogP contribution in [-0.2, 0) is 5.75 Å². The van der Waals surface area contributed by atoms with Gasteiger partial charge in [0.25, 0.3) is 11.7 Å². The van der Waals surface area contributed by atoms with Crippen LogP contribution in [0.3, 0.4) is 0 Å². The minimum Gasteiger partial charge on any atom is -0.392 e. The molecule has 1 aromatic carbocycles. The quantitative estimate of drug-likeness (QED) is 0.645. The highest BCUT2D eigenvalue weighted by molar-refractivity contribution is 7.98. The number of fused-ring (bicyclic) bond motifs is 1. The van der Waals surface area contributed by atoms with Crippen LogP contribution in [0.4, 0.5) is 0 Å². The molecule has 136 valence electrons. The van der Waals surface area contributed by atoms with Gasteiger partial charge in [-0.25, -0.2) is 9.50 Å². The molecule has 8 heteroatoms. The fraction of sp³-hybridized carbons (Fsp3) is 0.333. The third-order valence-corrected chi connectivity index (χ3v) is 4.66. The molecule has 1 atom stereocenters. The average Bonchev–Trinajstić information content (AvgIpc) is 3.01. The molecule has 3 rings (SSSR count). The van der Waals surface area contributed by atoms with Crippen LogP contribution < -0.4 is 5.32 Å². The van der Waals surface area contributed by atoms with E-state index in [4.69, 9.17) is 0 Å². The van der Waals surface area contributed by atoms with Crippen LogP contribution in [0.2, 0.25) is 0 Å². The third kappa shape index (κ3) is 4.20. The van der Waals surface area contributed by atoms with Crippen molar-refractivity contribution in [1.29, 1.82) is 0 Å². The number of hydrogen-bond acceptors (Lipinski definition) is 6. The normalized spacial score (nSPS) is 12.3. The van der Waals surface area contributed by atoms with Gasteiger partial charge in [-0.1, -0.05) is 30.0 Å². The highest BCUT2D eigenvalue weighted by Crippen LogP contribution is 2.22. The summed E-state index contributed by atoms with van der Waals surface area (Å²) >= 11 is 1.46. The molecule has 0 spiro atoms. The van der Waals surface area contributed by atoms with Crippen molar-refractivity contribution in [2.75, 3.05) is 6.54 Å². The lowest BCUT2D eigenvalue weighted by Crippen LogP contribution is -2.31. The van der Waals surface area contributed by atoms with Gasteiger partial charge in [-0.3, -0.25) is 4.79 Å². The average molecular weight is 371 g/mol. The number of rotatable bonds is 6. The van der Waals surface area contributed by atoms with Crippen molar-refractivity contribution in [2.24, 2.45) is 0 Å². The number of aryl methyl sites for hydroxylation is 2. The molecule has 0 aliphatic heterocycles. The zero-order valence-corrected chi connectivity index (χ0v) is 15.7. The summed E-state index contributed by atoms with van der Waals surface area (Å²) in [5.74, 6) is 0.943. The first-order valence-electron chi connectivity index (χ1n) is 8.32. The molecule has 3 aromatic rings. The number of amides is 1. The number of aliphatic hydroxyl groups excluding tert-OH is 1. The summed E-state index contributed by atoms with van der Waals surface area (Å²) in [5, 5.41) is 17.2. The standard InChI is InChI=1S/C18H21N5O2S/c1-11-8-12(2)23-17(20-11)21-18(22-23)26-10-14-6-4-5-7-15(14)16(25)19-9-13(3)24/h4-8,13,24H,9-10H2,1-3H3,(H,19,25). The van der Waals surface area contributed by atoms with Crippen LogP contribution in [0.15, 0.2) is 35.5 Å². The van der Waals surface area contributed by atoms with Crippen LogP contribution >= 0.6 is 11.8 Å². The SMILES string of the molecule is Cc1cc(C)n2nc(SCc3ccccc3C(=O)NCC(C)O)nc2n1. The minimum atomic E-state index is -0.582. The first-order chi connectivity index (χ1) is 12.4. The van der Waals surface area contributed by atoms with Gasteiger partial charge in [-0.15, -0.1) is 5.10 Å². The number of carbonyl (C=O) groups excluding carboxylic acids is 1. The van der Waals surface area contributed by atoms with Crippen molar-refractivity contribution in [3.63, 3.8) is 0 Å². The van der Waals surface area contributed by atoms with Gasteiger partial charge in [0.15, 0.2) is 0 Å². The fourth-order valence-electron chi connectivity index (χ4n) is 2.55. The van der Waals surface area contributed by atoms with E-state index in [-0.39, 0.29) is 12.5 Å². The molecule has 7 nitrogen and oxygen atoms in total. The van der Waals surface area contributed by atoms with E-state index in [1.54, 1.807) is 17.5 Å². The molecule has 0 bridgehead atoms. The zero-order chi connectivity index (χ0) is 18.7.